The van der Waals surface area contributed by atoms with Gasteiger partial charge in [0.1, 0.15) is 5.57 Å². The van der Waals surface area contributed by atoms with Crippen LogP contribution in [0.2, 0.25) is 0 Å². The lowest BCUT2D eigenvalue weighted by atomic mass is 10.0. The number of para-hydroxylation sites is 1. The highest BCUT2D eigenvalue weighted by molar-refractivity contribution is 6.53. The highest BCUT2D eigenvalue weighted by atomic mass is 16.2. The Labute approximate surface area is 202 Å². The molecule has 7 nitrogen and oxygen atoms in total. The van der Waals surface area contributed by atoms with Crippen molar-refractivity contribution in [2.24, 2.45) is 0 Å². The zero-order valence-electron chi connectivity index (χ0n) is 20.0. The maximum absolute atomic E-state index is 13.9. The standard InChI is InChI=1S/C28H24N4O3/c1-17-10-12-21(13-11-17)31-26(33)24(25(28(31)35)30-15-18(2)14-19(3)16-30)23-20(4)29-32(27(23)34)22-8-6-5-7-9-22/h5-16H,1-4H3/p+1. The molecule has 3 heterocycles. The Balaban J connectivity index is 1.78. The molecule has 0 atom stereocenters. The second-order valence-corrected chi connectivity index (χ2v) is 8.89. The van der Waals surface area contributed by atoms with Gasteiger partial charge in [-0.15, -0.1) is 0 Å². The Bertz CT molecular complexity index is 1550. The zero-order chi connectivity index (χ0) is 24.9. The van der Waals surface area contributed by atoms with Crippen molar-refractivity contribution in [3.05, 3.63) is 111 Å². The van der Waals surface area contributed by atoms with Crippen molar-refractivity contribution in [2.45, 2.75) is 27.7 Å². The third-order valence-electron chi connectivity index (χ3n) is 6.09. The number of rotatable bonds is 4. The normalized spacial score (nSPS) is 13.8. The van der Waals surface area contributed by atoms with E-state index in [1.165, 1.54) is 4.68 Å². The molecule has 0 bridgehead atoms. The maximum atomic E-state index is 13.9. The predicted molar refractivity (Wildman–Crippen MR) is 134 cm³/mol. The first-order chi connectivity index (χ1) is 16.8. The van der Waals surface area contributed by atoms with Crippen molar-refractivity contribution in [1.82, 2.24) is 9.78 Å². The molecule has 0 aliphatic carbocycles. The molecular formula is C28H25N4O3+. The van der Waals surface area contributed by atoms with E-state index in [1.807, 2.05) is 57.2 Å². The van der Waals surface area contributed by atoms with E-state index in [9.17, 15) is 14.4 Å². The molecule has 174 valence electrons. The van der Waals surface area contributed by atoms with E-state index in [2.05, 4.69) is 5.10 Å². The lowest BCUT2D eigenvalue weighted by Gasteiger charge is -2.14. The summed E-state index contributed by atoms with van der Waals surface area (Å²) in [7, 11) is 0. The summed E-state index contributed by atoms with van der Waals surface area (Å²) in [6, 6.07) is 18.3. The first-order valence-corrected chi connectivity index (χ1v) is 11.3. The van der Waals surface area contributed by atoms with Gasteiger partial charge in [-0.1, -0.05) is 35.9 Å². The quantitative estimate of drug-likeness (QED) is 0.369. The molecule has 0 saturated carbocycles. The van der Waals surface area contributed by atoms with E-state index in [0.29, 0.717) is 17.1 Å². The van der Waals surface area contributed by atoms with Crippen LogP contribution in [0.4, 0.5) is 5.69 Å². The fourth-order valence-corrected chi connectivity index (χ4v) is 4.55. The summed E-state index contributed by atoms with van der Waals surface area (Å²) >= 11 is 0. The number of aromatic nitrogens is 3. The van der Waals surface area contributed by atoms with Gasteiger partial charge in [-0.25, -0.2) is 9.58 Å². The van der Waals surface area contributed by atoms with Gasteiger partial charge in [0, 0.05) is 16.8 Å². The number of pyridine rings is 1. The van der Waals surface area contributed by atoms with Crippen molar-refractivity contribution in [3.63, 3.8) is 0 Å². The van der Waals surface area contributed by atoms with Gasteiger partial charge in [0.05, 0.1) is 16.9 Å². The molecule has 35 heavy (non-hydrogen) atoms. The first-order valence-electron chi connectivity index (χ1n) is 11.3. The number of H-pyrrole nitrogens is 1. The number of carbonyl (C=O) groups excluding carboxylic acids is 2. The van der Waals surface area contributed by atoms with Gasteiger partial charge in [0.25, 0.3) is 17.2 Å². The lowest BCUT2D eigenvalue weighted by molar-refractivity contribution is -0.577. The maximum Gasteiger partial charge on any atom is 0.331 e. The van der Waals surface area contributed by atoms with Crippen molar-refractivity contribution >= 4 is 28.8 Å². The zero-order valence-corrected chi connectivity index (χ0v) is 20.0. The van der Waals surface area contributed by atoms with E-state index in [-0.39, 0.29) is 16.8 Å². The van der Waals surface area contributed by atoms with Crippen LogP contribution in [0.3, 0.4) is 0 Å². The summed E-state index contributed by atoms with van der Waals surface area (Å²) in [5.74, 6) is -1.00. The van der Waals surface area contributed by atoms with Crippen LogP contribution in [0, 0.1) is 27.7 Å². The average Bonchev–Trinajstić information content (AvgIpc) is 3.25. The third kappa shape index (κ3) is 3.71. The van der Waals surface area contributed by atoms with Gasteiger partial charge in [-0.3, -0.25) is 19.5 Å². The van der Waals surface area contributed by atoms with E-state index in [4.69, 9.17) is 0 Å². The van der Waals surface area contributed by atoms with Crippen LogP contribution < -0.4 is 15.0 Å². The molecular weight excluding hydrogens is 440 g/mol. The van der Waals surface area contributed by atoms with Crippen LogP contribution in [0.15, 0.2) is 77.9 Å². The number of aryl methyl sites for hydroxylation is 4. The lowest BCUT2D eigenvalue weighted by Crippen LogP contribution is -2.40. The van der Waals surface area contributed by atoms with Gasteiger partial charge in [-0.2, -0.15) is 4.57 Å². The molecule has 1 aliphatic rings. The predicted octanol–water partition coefficient (Wildman–Crippen LogP) is 3.63. The fourth-order valence-electron chi connectivity index (χ4n) is 4.55. The highest BCUT2D eigenvalue weighted by Crippen LogP contribution is 2.33. The number of carbonyl (C=O) groups is 2. The van der Waals surface area contributed by atoms with Gasteiger partial charge < -0.3 is 0 Å². The Kier molecular flexibility index (Phi) is 5.32. The van der Waals surface area contributed by atoms with Gasteiger partial charge >= 0.3 is 5.91 Å². The smallest absolute Gasteiger partial charge is 0.295 e. The molecule has 5 rings (SSSR count). The first kappa shape index (κ1) is 22.3. The van der Waals surface area contributed by atoms with Gasteiger partial charge in [0.2, 0.25) is 0 Å². The highest BCUT2D eigenvalue weighted by Gasteiger charge is 2.48. The molecule has 4 aromatic rings. The number of aromatic amines is 1. The second-order valence-electron chi connectivity index (χ2n) is 8.89. The summed E-state index contributed by atoms with van der Waals surface area (Å²) in [6.07, 6.45) is 3.59. The molecule has 0 radical (unpaired) electrons. The minimum absolute atomic E-state index is 0.0824. The topological polar surface area (TPSA) is 79.1 Å². The molecule has 0 saturated heterocycles. The summed E-state index contributed by atoms with van der Waals surface area (Å²) in [6.45, 7) is 7.52. The molecule has 0 spiro atoms. The van der Waals surface area contributed by atoms with Crippen molar-refractivity contribution in [3.8, 4) is 5.69 Å². The number of amides is 2. The fraction of sp³-hybridized carbons (Fsp3) is 0.143. The van der Waals surface area contributed by atoms with Crippen LogP contribution in [0.25, 0.3) is 17.0 Å². The summed E-state index contributed by atoms with van der Waals surface area (Å²) in [5.41, 5.74) is 4.50. The van der Waals surface area contributed by atoms with E-state index in [1.54, 1.807) is 48.1 Å². The number of nitrogens with zero attached hydrogens (tertiary/aromatic N) is 3. The molecule has 7 heteroatoms. The van der Waals surface area contributed by atoms with Crippen LogP contribution in [0.1, 0.15) is 27.9 Å². The van der Waals surface area contributed by atoms with E-state index < -0.39 is 17.4 Å². The summed E-state index contributed by atoms with van der Waals surface area (Å²) in [4.78, 5) is 42.5. The number of hydrogen-bond donors (Lipinski definition) is 1. The molecule has 1 aliphatic heterocycles. The largest absolute Gasteiger partial charge is 0.331 e. The summed E-state index contributed by atoms with van der Waals surface area (Å²) in [5, 5.41) is 3.08. The second kappa shape index (κ2) is 8.36. The van der Waals surface area contributed by atoms with Crippen molar-refractivity contribution in [2.75, 3.05) is 4.90 Å². The summed E-state index contributed by atoms with van der Waals surface area (Å²) < 4.78 is 3.06. The number of anilines is 1. The number of nitrogens with one attached hydrogen (secondary N) is 1. The molecule has 0 unspecified atom stereocenters. The van der Waals surface area contributed by atoms with E-state index >= 15 is 0 Å². The van der Waals surface area contributed by atoms with Crippen molar-refractivity contribution < 1.29 is 14.2 Å². The van der Waals surface area contributed by atoms with Gasteiger partial charge in [0.15, 0.2) is 12.4 Å². The van der Waals surface area contributed by atoms with Gasteiger partial charge in [-0.05, 0) is 58.0 Å². The van der Waals surface area contributed by atoms with Crippen LogP contribution >= 0.6 is 0 Å². The van der Waals surface area contributed by atoms with Crippen LogP contribution in [0.5, 0.6) is 0 Å². The number of imide groups is 1. The van der Waals surface area contributed by atoms with E-state index in [0.717, 1.165) is 21.6 Å². The molecule has 2 aromatic heterocycles. The van der Waals surface area contributed by atoms with Crippen molar-refractivity contribution in [1.29, 1.82) is 0 Å². The Morgan fingerprint density at radius 1 is 0.714 bits per heavy atom. The average molecular weight is 466 g/mol. The minimum Gasteiger partial charge on any atom is -0.295 e. The SMILES string of the molecule is Cc1ccc(N2C(=O)C(c3c(C)[nH]n(-c4ccccc4)c3=O)=C([n+]3cc(C)cc(C)c3)C2=O)cc1. The minimum atomic E-state index is -0.528. The van der Waals surface area contributed by atoms with Crippen LogP contribution in [-0.2, 0) is 9.59 Å². The Hall–Kier alpha value is -4.52. The Morgan fingerprint density at radius 2 is 1.34 bits per heavy atom. The van der Waals surface area contributed by atoms with Crippen LogP contribution in [-0.4, -0.2) is 21.6 Å². The molecule has 2 amide bonds. The number of hydrogen-bond acceptors (Lipinski definition) is 3. The molecule has 1 N–H and O–H groups in total. The Morgan fingerprint density at radius 3 is 1.97 bits per heavy atom. The number of benzene rings is 2. The third-order valence-corrected chi connectivity index (χ3v) is 6.09. The monoisotopic (exact) mass is 465 g/mol. The molecule has 2 aromatic carbocycles. The molecule has 0 fully saturated rings.